The van der Waals surface area contributed by atoms with E-state index in [4.69, 9.17) is 10.6 Å². The second kappa shape index (κ2) is 7.03. The lowest BCUT2D eigenvalue weighted by Gasteiger charge is -2.23. The summed E-state index contributed by atoms with van der Waals surface area (Å²) in [4.78, 5) is 26.1. The molecule has 1 aliphatic rings. The van der Waals surface area contributed by atoms with E-state index in [1.165, 1.54) is 0 Å². The van der Waals surface area contributed by atoms with E-state index in [-0.39, 0.29) is 17.6 Å². The van der Waals surface area contributed by atoms with Crippen molar-refractivity contribution in [3.05, 3.63) is 6.20 Å². The van der Waals surface area contributed by atoms with Gasteiger partial charge in [0.25, 0.3) is 0 Å². The molecule has 0 aliphatic carbocycles. The molecular weight excluding hydrogens is 320 g/mol. The van der Waals surface area contributed by atoms with E-state index in [0.29, 0.717) is 30.5 Å². The van der Waals surface area contributed by atoms with Gasteiger partial charge in [0.15, 0.2) is 5.82 Å². The van der Waals surface area contributed by atoms with E-state index >= 15 is 0 Å². The van der Waals surface area contributed by atoms with Gasteiger partial charge in [-0.15, -0.1) is 5.06 Å². The van der Waals surface area contributed by atoms with Gasteiger partial charge in [-0.25, -0.2) is 9.78 Å². The van der Waals surface area contributed by atoms with E-state index in [1.807, 2.05) is 41.5 Å². The molecule has 1 aliphatic heterocycles. The van der Waals surface area contributed by atoms with Crippen LogP contribution in [0.1, 0.15) is 48.0 Å². The third-order valence-electron chi connectivity index (χ3n) is 3.62. The maximum atomic E-state index is 12.0. The molecule has 0 aromatic carbocycles. The van der Waals surface area contributed by atoms with Gasteiger partial charge in [0.05, 0.1) is 23.8 Å². The van der Waals surface area contributed by atoms with Crippen molar-refractivity contribution < 1.29 is 9.63 Å². The molecule has 2 heterocycles. The summed E-state index contributed by atoms with van der Waals surface area (Å²) in [6.07, 6.45) is 2.43. The molecule has 140 valence electrons. The summed E-state index contributed by atoms with van der Waals surface area (Å²) in [7, 11) is 0. The second-order valence-corrected chi connectivity index (χ2v) is 8.52. The van der Waals surface area contributed by atoms with Gasteiger partial charge in [-0.05, 0) is 48.0 Å². The Morgan fingerprint density at radius 2 is 2.00 bits per heavy atom. The lowest BCUT2D eigenvalue weighted by molar-refractivity contribution is -0.195. The highest BCUT2D eigenvalue weighted by atomic mass is 16.7. The molecule has 8 nitrogen and oxygen atoms in total. The monoisotopic (exact) mass is 350 g/mol. The number of rotatable bonds is 4. The van der Waals surface area contributed by atoms with E-state index in [1.54, 1.807) is 11.3 Å². The van der Waals surface area contributed by atoms with Gasteiger partial charge in [-0.1, -0.05) is 0 Å². The molecule has 1 atom stereocenters. The van der Waals surface area contributed by atoms with Gasteiger partial charge in [0, 0.05) is 18.1 Å². The Hall–Kier alpha value is -2.09. The highest BCUT2D eigenvalue weighted by Crippen LogP contribution is 2.23. The molecule has 25 heavy (non-hydrogen) atoms. The normalized spacial score (nSPS) is 18.9. The molecule has 8 heteroatoms. The Morgan fingerprint density at radius 1 is 1.32 bits per heavy atom. The number of hydroxylamine groups is 2. The fourth-order valence-corrected chi connectivity index (χ4v) is 2.28. The first-order valence-corrected chi connectivity index (χ1v) is 8.58. The van der Waals surface area contributed by atoms with Crippen molar-refractivity contribution in [1.29, 1.82) is 0 Å². The Labute approximate surface area is 149 Å². The number of nitrogens with zero attached hydrogens (tertiary/aromatic N) is 3. The largest absolute Gasteiger partial charge is 0.394 e. The van der Waals surface area contributed by atoms with E-state index in [0.717, 1.165) is 6.42 Å². The molecule has 0 spiro atoms. The third kappa shape index (κ3) is 5.74. The van der Waals surface area contributed by atoms with Crippen LogP contribution in [0.4, 0.5) is 17.5 Å². The van der Waals surface area contributed by atoms with Crippen molar-refractivity contribution in [2.45, 2.75) is 59.5 Å². The predicted octanol–water partition coefficient (Wildman–Crippen LogP) is 2.26. The van der Waals surface area contributed by atoms with Crippen molar-refractivity contribution in [2.75, 3.05) is 29.5 Å². The van der Waals surface area contributed by atoms with Gasteiger partial charge < -0.3 is 21.2 Å². The zero-order chi connectivity index (χ0) is 18.8. The van der Waals surface area contributed by atoms with Crippen molar-refractivity contribution in [2.24, 2.45) is 5.41 Å². The van der Waals surface area contributed by atoms with Gasteiger partial charge in [0.2, 0.25) is 5.95 Å². The van der Waals surface area contributed by atoms with Crippen LogP contribution in [0.3, 0.4) is 0 Å². The number of nitrogens with two attached hydrogens (primary N) is 1. The first-order chi connectivity index (χ1) is 11.4. The van der Waals surface area contributed by atoms with E-state index < -0.39 is 5.41 Å². The maximum Gasteiger partial charge on any atom is 0.330 e. The molecule has 1 saturated heterocycles. The third-order valence-corrected chi connectivity index (χ3v) is 3.62. The van der Waals surface area contributed by atoms with E-state index in [2.05, 4.69) is 20.6 Å². The van der Waals surface area contributed by atoms with Crippen molar-refractivity contribution >= 4 is 23.4 Å². The summed E-state index contributed by atoms with van der Waals surface area (Å²) < 4.78 is 0. The van der Waals surface area contributed by atoms with Crippen molar-refractivity contribution in [3.8, 4) is 0 Å². The van der Waals surface area contributed by atoms with Crippen LogP contribution in [0.2, 0.25) is 0 Å². The number of hydrogen-bond acceptors (Lipinski definition) is 8. The highest BCUT2D eigenvalue weighted by molar-refractivity contribution is 5.75. The average Bonchev–Trinajstić information content (AvgIpc) is 2.87. The quantitative estimate of drug-likeness (QED) is 0.759. The fraction of sp³-hybridized carbons (Fsp3) is 0.706. The Balaban J connectivity index is 1.97. The molecule has 0 saturated carbocycles. The molecule has 0 radical (unpaired) electrons. The minimum atomic E-state index is -0.518. The minimum Gasteiger partial charge on any atom is -0.394 e. The molecule has 2 rings (SSSR count). The molecule has 1 aromatic rings. The average molecular weight is 350 g/mol. The summed E-state index contributed by atoms with van der Waals surface area (Å²) >= 11 is 0. The highest BCUT2D eigenvalue weighted by Gasteiger charge is 2.30. The van der Waals surface area contributed by atoms with Gasteiger partial charge in [-0.3, -0.25) is 0 Å². The lowest BCUT2D eigenvalue weighted by Crippen LogP contribution is -2.34. The summed E-state index contributed by atoms with van der Waals surface area (Å²) in [6, 6.07) is 0.104. The van der Waals surface area contributed by atoms with E-state index in [9.17, 15) is 4.79 Å². The van der Waals surface area contributed by atoms with Crippen LogP contribution < -0.4 is 16.4 Å². The molecule has 1 unspecified atom stereocenters. The number of aromatic nitrogens is 2. The summed E-state index contributed by atoms with van der Waals surface area (Å²) in [5.74, 6) is 0.889. The Kier molecular flexibility index (Phi) is 5.41. The van der Waals surface area contributed by atoms with Crippen LogP contribution >= 0.6 is 0 Å². The van der Waals surface area contributed by atoms with Crippen LogP contribution in [-0.4, -0.2) is 45.7 Å². The zero-order valence-electron chi connectivity index (χ0n) is 16.0. The maximum absolute atomic E-state index is 12.0. The van der Waals surface area contributed by atoms with Crippen LogP contribution in [0.5, 0.6) is 0 Å². The topological polar surface area (TPSA) is 105 Å². The molecule has 0 amide bonds. The summed E-state index contributed by atoms with van der Waals surface area (Å²) in [5, 5.41) is 8.25. The minimum absolute atomic E-state index is 0.104. The van der Waals surface area contributed by atoms with Gasteiger partial charge >= 0.3 is 5.97 Å². The molecule has 0 bridgehead atoms. The SMILES string of the molecule is CC(C)(C)Nc1ncc(N)c(NC2CCN(OC(=O)C(C)(C)C)C2)n1. The van der Waals surface area contributed by atoms with Gasteiger partial charge in [-0.2, -0.15) is 4.98 Å². The Morgan fingerprint density at radius 3 is 2.60 bits per heavy atom. The first kappa shape index (κ1) is 19.2. The number of hydrogen-bond donors (Lipinski definition) is 3. The number of carbonyl (C=O) groups excluding carboxylic acids is 1. The van der Waals surface area contributed by atoms with Crippen LogP contribution in [0, 0.1) is 5.41 Å². The standard InChI is InChI=1S/C17H30N6O2/c1-16(2,3)14(24)25-23-8-7-11(10-23)20-13-12(18)9-19-15(21-13)22-17(4,5)6/h9,11H,7-8,10,18H2,1-6H3,(H2,19,20,21,22). The number of anilines is 3. The summed E-state index contributed by atoms with van der Waals surface area (Å²) in [6.45, 7) is 12.9. The number of nitrogen functional groups attached to an aromatic ring is 1. The molecule has 1 fully saturated rings. The van der Waals surface area contributed by atoms with Crippen LogP contribution in [-0.2, 0) is 9.63 Å². The molecule has 1 aromatic heterocycles. The van der Waals surface area contributed by atoms with Crippen molar-refractivity contribution in [1.82, 2.24) is 15.0 Å². The zero-order valence-corrected chi connectivity index (χ0v) is 16.0. The molecule has 4 N–H and O–H groups in total. The van der Waals surface area contributed by atoms with Crippen LogP contribution in [0.25, 0.3) is 0 Å². The number of nitrogens with one attached hydrogen (secondary N) is 2. The smallest absolute Gasteiger partial charge is 0.330 e. The molecular formula is C17H30N6O2. The lowest BCUT2D eigenvalue weighted by atomic mass is 9.98. The van der Waals surface area contributed by atoms with Crippen molar-refractivity contribution in [3.63, 3.8) is 0 Å². The summed E-state index contributed by atoms with van der Waals surface area (Å²) in [5.41, 5.74) is 5.82. The van der Waals surface area contributed by atoms with Crippen LogP contribution in [0.15, 0.2) is 6.20 Å². The number of carbonyl (C=O) groups is 1. The Bertz CT molecular complexity index is 621. The van der Waals surface area contributed by atoms with Gasteiger partial charge in [0.1, 0.15) is 0 Å². The first-order valence-electron chi connectivity index (χ1n) is 8.58. The fourth-order valence-electron chi connectivity index (χ4n) is 2.28. The predicted molar refractivity (Wildman–Crippen MR) is 99.0 cm³/mol. The second-order valence-electron chi connectivity index (χ2n) is 8.52.